The van der Waals surface area contributed by atoms with Gasteiger partial charge in [-0.2, -0.15) is 0 Å². The Morgan fingerprint density at radius 1 is 1.31 bits per heavy atom. The van der Waals surface area contributed by atoms with Gasteiger partial charge in [-0.25, -0.2) is 0 Å². The second-order valence-corrected chi connectivity index (χ2v) is 5.32. The Labute approximate surface area is 103 Å². The van der Waals surface area contributed by atoms with Crippen molar-refractivity contribution in [3.8, 4) is 0 Å². The van der Waals surface area contributed by atoms with Crippen molar-refractivity contribution in [1.82, 2.24) is 5.32 Å². The normalized spacial score (nSPS) is 14.8. The Hall–Kier alpha value is -0.510. The Balaban J connectivity index is 2.78. The maximum absolute atomic E-state index is 5.72. The Bertz CT molecular complexity index is 297. The minimum absolute atomic E-state index is 0.352. The average Bonchev–Trinajstić information content (AvgIpc) is 2.32. The summed E-state index contributed by atoms with van der Waals surface area (Å²) in [4.78, 5) is 1.33. The SMILES string of the molecule is CCSc1ccc(C(NC)C(C)CN)cc1. The van der Waals surface area contributed by atoms with Crippen LogP contribution in [0, 0.1) is 5.92 Å². The molecular formula is C13H22N2S. The summed E-state index contributed by atoms with van der Waals surface area (Å²) in [6.07, 6.45) is 0. The van der Waals surface area contributed by atoms with Crippen molar-refractivity contribution in [3.63, 3.8) is 0 Å². The van der Waals surface area contributed by atoms with Gasteiger partial charge in [0.05, 0.1) is 0 Å². The molecule has 0 bridgehead atoms. The molecule has 1 aromatic rings. The lowest BCUT2D eigenvalue weighted by Gasteiger charge is -2.22. The highest BCUT2D eigenvalue weighted by atomic mass is 32.2. The Kier molecular flexibility index (Phi) is 5.88. The molecule has 16 heavy (non-hydrogen) atoms. The summed E-state index contributed by atoms with van der Waals surface area (Å²) >= 11 is 1.87. The fourth-order valence-electron chi connectivity index (χ4n) is 1.85. The van der Waals surface area contributed by atoms with Gasteiger partial charge in [0.1, 0.15) is 0 Å². The quantitative estimate of drug-likeness (QED) is 0.748. The molecule has 0 radical (unpaired) electrons. The van der Waals surface area contributed by atoms with Gasteiger partial charge in [0.25, 0.3) is 0 Å². The van der Waals surface area contributed by atoms with E-state index in [0.29, 0.717) is 18.5 Å². The number of benzene rings is 1. The van der Waals surface area contributed by atoms with Crippen molar-refractivity contribution in [2.45, 2.75) is 24.8 Å². The zero-order valence-electron chi connectivity index (χ0n) is 10.4. The van der Waals surface area contributed by atoms with Crippen LogP contribution in [0.2, 0.25) is 0 Å². The van der Waals surface area contributed by atoms with Crippen molar-refractivity contribution in [3.05, 3.63) is 29.8 Å². The van der Waals surface area contributed by atoms with Crippen LogP contribution in [0.1, 0.15) is 25.5 Å². The van der Waals surface area contributed by atoms with Crippen LogP contribution >= 0.6 is 11.8 Å². The number of nitrogens with one attached hydrogen (secondary N) is 1. The van der Waals surface area contributed by atoms with Gasteiger partial charge in [-0.3, -0.25) is 0 Å². The van der Waals surface area contributed by atoms with E-state index in [9.17, 15) is 0 Å². The third-order valence-corrected chi connectivity index (χ3v) is 3.70. The maximum atomic E-state index is 5.72. The highest BCUT2D eigenvalue weighted by Gasteiger charge is 2.15. The fraction of sp³-hybridized carbons (Fsp3) is 0.538. The summed E-state index contributed by atoms with van der Waals surface area (Å²) in [7, 11) is 1.99. The van der Waals surface area contributed by atoms with Crippen molar-refractivity contribution >= 4 is 11.8 Å². The minimum Gasteiger partial charge on any atom is -0.330 e. The van der Waals surface area contributed by atoms with E-state index in [1.54, 1.807) is 0 Å². The monoisotopic (exact) mass is 238 g/mol. The zero-order chi connectivity index (χ0) is 12.0. The van der Waals surface area contributed by atoms with Crippen LogP contribution in [-0.4, -0.2) is 19.3 Å². The predicted octanol–water partition coefficient (Wildman–Crippen LogP) is 2.65. The van der Waals surface area contributed by atoms with E-state index in [1.165, 1.54) is 10.5 Å². The number of rotatable bonds is 6. The number of thioether (sulfide) groups is 1. The molecule has 2 atom stereocenters. The summed E-state index contributed by atoms with van der Waals surface area (Å²) in [5, 5.41) is 3.33. The lowest BCUT2D eigenvalue weighted by Crippen LogP contribution is -2.28. The van der Waals surface area contributed by atoms with E-state index in [4.69, 9.17) is 5.73 Å². The third-order valence-electron chi connectivity index (χ3n) is 2.80. The second kappa shape index (κ2) is 6.94. The number of hydrogen-bond acceptors (Lipinski definition) is 3. The molecule has 0 fully saturated rings. The first-order chi connectivity index (χ1) is 7.72. The van der Waals surface area contributed by atoms with Gasteiger partial charge >= 0.3 is 0 Å². The first-order valence-corrected chi connectivity index (χ1v) is 6.81. The highest BCUT2D eigenvalue weighted by Crippen LogP contribution is 2.24. The minimum atomic E-state index is 0.352. The summed E-state index contributed by atoms with van der Waals surface area (Å²) in [6.45, 7) is 5.05. The van der Waals surface area contributed by atoms with Crippen molar-refractivity contribution in [2.24, 2.45) is 11.7 Å². The van der Waals surface area contributed by atoms with Crippen LogP contribution in [0.25, 0.3) is 0 Å². The first-order valence-electron chi connectivity index (χ1n) is 5.83. The molecule has 1 rings (SSSR count). The molecule has 3 heteroatoms. The smallest absolute Gasteiger partial charge is 0.0355 e. The first kappa shape index (κ1) is 13.6. The summed E-state index contributed by atoms with van der Waals surface area (Å²) in [5.74, 6) is 1.57. The molecule has 2 unspecified atom stereocenters. The van der Waals surface area contributed by atoms with Gasteiger partial charge < -0.3 is 11.1 Å². The highest BCUT2D eigenvalue weighted by molar-refractivity contribution is 7.99. The van der Waals surface area contributed by atoms with E-state index in [0.717, 1.165) is 5.75 Å². The molecular weight excluding hydrogens is 216 g/mol. The Morgan fingerprint density at radius 2 is 1.94 bits per heavy atom. The summed E-state index contributed by atoms with van der Waals surface area (Å²) < 4.78 is 0. The van der Waals surface area contributed by atoms with Gasteiger partial charge in [0.15, 0.2) is 0 Å². The molecule has 0 aromatic heterocycles. The predicted molar refractivity (Wildman–Crippen MR) is 72.9 cm³/mol. The van der Waals surface area contributed by atoms with Crippen molar-refractivity contribution < 1.29 is 0 Å². The van der Waals surface area contributed by atoms with Gasteiger partial charge in [0, 0.05) is 10.9 Å². The van der Waals surface area contributed by atoms with E-state index >= 15 is 0 Å². The number of nitrogens with two attached hydrogens (primary N) is 1. The van der Waals surface area contributed by atoms with Crippen LogP contribution in [0.5, 0.6) is 0 Å². The van der Waals surface area contributed by atoms with E-state index in [1.807, 2.05) is 18.8 Å². The summed E-state index contributed by atoms with van der Waals surface area (Å²) in [5.41, 5.74) is 7.04. The molecule has 0 amide bonds. The third kappa shape index (κ3) is 3.51. The van der Waals surface area contributed by atoms with Crippen molar-refractivity contribution in [2.75, 3.05) is 19.3 Å². The molecule has 90 valence electrons. The van der Waals surface area contributed by atoms with E-state index in [-0.39, 0.29) is 0 Å². The van der Waals surface area contributed by atoms with E-state index < -0.39 is 0 Å². The summed E-state index contributed by atoms with van der Waals surface area (Å²) in [6, 6.07) is 9.14. The molecule has 2 nitrogen and oxygen atoms in total. The standard InChI is InChI=1S/C13H22N2S/c1-4-16-12-7-5-11(6-8-12)13(15-3)10(2)9-14/h5-8,10,13,15H,4,9,14H2,1-3H3. The molecule has 0 saturated carbocycles. The van der Waals surface area contributed by atoms with Crippen LogP contribution in [0.4, 0.5) is 0 Å². The maximum Gasteiger partial charge on any atom is 0.0355 e. The molecule has 0 spiro atoms. The van der Waals surface area contributed by atoms with Crippen molar-refractivity contribution in [1.29, 1.82) is 0 Å². The van der Waals surface area contributed by atoms with Gasteiger partial charge in [-0.1, -0.05) is 26.0 Å². The van der Waals surface area contributed by atoms with Crippen LogP contribution < -0.4 is 11.1 Å². The van der Waals surface area contributed by atoms with Crippen LogP contribution in [0.3, 0.4) is 0 Å². The largest absolute Gasteiger partial charge is 0.330 e. The van der Waals surface area contributed by atoms with Crippen LogP contribution in [0.15, 0.2) is 29.2 Å². The Morgan fingerprint density at radius 3 is 2.38 bits per heavy atom. The average molecular weight is 238 g/mol. The molecule has 3 N–H and O–H groups in total. The van der Waals surface area contributed by atoms with E-state index in [2.05, 4.69) is 43.4 Å². The zero-order valence-corrected chi connectivity index (χ0v) is 11.2. The molecule has 0 heterocycles. The molecule has 1 aromatic carbocycles. The molecule has 0 saturated heterocycles. The second-order valence-electron chi connectivity index (χ2n) is 3.98. The molecule has 0 aliphatic rings. The van der Waals surface area contributed by atoms with Crippen LogP contribution in [-0.2, 0) is 0 Å². The lowest BCUT2D eigenvalue weighted by molar-refractivity contribution is 0.419. The van der Waals surface area contributed by atoms with Gasteiger partial charge in [-0.05, 0) is 43.0 Å². The van der Waals surface area contributed by atoms with Gasteiger partial charge in [-0.15, -0.1) is 11.8 Å². The number of hydrogen-bond donors (Lipinski definition) is 2. The molecule has 0 aliphatic carbocycles. The fourth-order valence-corrected chi connectivity index (χ4v) is 2.52. The van der Waals surface area contributed by atoms with Gasteiger partial charge in [0.2, 0.25) is 0 Å². The lowest BCUT2D eigenvalue weighted by atomic mass is 9.95. The topological polar surface area (TPSA) is 38.0 Å². The molecule has 0 aliphatic heterocycles.